The molecule has 1 aromatic rings. The summed E-state index contributed by atoms with van der Waals surface area (Å²) in [4.78, 5) is 0. The largest absolute Gasteiger partial charge is 0.373 e. The van der Waals surface area contributed by atoms with Crippen LogP contribution in [0.15, 0.2) is 18.2 Å². The lowest BCUT2D eigenvalue weighted by Gasteiger charge is -2.25. The van der Waals surface area contributed by atoms with E-state index in [4.69, 9.17) is 16.3 Å². The topological polar surface area (TPSA) is 21.3 Å². The number of ether oxygens (including phenoxy) is 1. The van der Waals surface area contributed by atoms with Gasteiger partial charge in [0, 0.05) is 10.6 Å². The van der Waals surface area contributed by atoms with Crippen LogP contribution >= 0.6 is 11.6 Å². The van der Waals surface area contributed by atoms with Gasteiger partial charge < -0.3 is 10.1 Å². The Labute approximate surface area is 112 Å². The normalized spacial score (nSPS) is 25.3. The van der Waals surface area contributed by atoms with E-state index in [2.05, 4.69) is 12.2 Å². The van der Waals surface area contributed by atoms with Gasteiger partial charge in [-0.05, 0) is 38.4 Å². The number of hydrogen-bond donors (Lipinski definition) is 1. The van der Waals surface area contributed by atoms with Gasteiger partial charge in [-0.25, -0.2) is 4.39 Å². The third kappa shape index (κ3) is 3.02. The predicted octanol–water partition coefficient (Wildman–Crippen LogP) is 3.70. The van der Waals surface area contributed by atoms with Gasteiger partial charge in [0.1, 0.15) is 5.82 Å². The Morgan fingerprint density at radius 1 is 1.50 bits per heavy atom. The summed E-state index contributed by atoms with van der Waals surface area (Å²) in [5.74, 6) is -0.267. The van der Waals surface area contributed by atoms with Crippen LogP contribution < -0.4 is 5.32 Å². The molecule has 1 fully saturated rings. The molecule has 0 aliphatic carbocycles. The molecule has 1 aliphatic rings. The van der Waals surface area contributed by atoms with E-state index in [-0.39, 0.29) is 24.1 Å². The van der Waals surface area contributed by atoms with Gasteiger partial charge in [-0.1, -0.05) is 24.6 Å². The van der Waals surface area contributed by atoms with Crippen LogP contribution in [0.3, 0.4) is 0 Å². The van der Waals surface area contributed by atoms with Gasteiger partial charge in [0.2, 0.25) is 0 Å². The monoisotopic (exact) mass is 271 g/mol. The molecule has 2 nitrogen and oxygen atoms in total. The maximum absolute atomic E-state index is 14.0. The molecule has 3 atom stereocenters. The van der Waals surface area contributed by atoms with Crippen LogP contribution in [-0.2, 0) is 4.74 Å². The summed E-state index contributed by atoms with van der Waals surface area (Å²) < 4.78 is 19.8. The van der Waals surface area contributed by atoms with Crippen LogP contribution in [0, 0.1) is 5.82 Å². The van der Waals surface area contributed by atoms with Gasteiger partial charge in [-0.15, -0.1) is 0 Å². The summed E-state index contributed by atoms with van der Waals surface area (Å²) in [6.07, 6.45) is 2.28. The second kappa shape index (κ2) is 6.00. The van der Waals surface area contributed by atoms with Gasteiger partial charge >= 0.3 is 0 Å². The van der Waals surface area contributed by atoms with E-state index >= 15 is 0 Å². The molecule has 0 aromatic heterocycles. The number of likely N-dealkylation sites (N-methyl/N-ethyl adjacent to an activating group) is 1. The molecule has 4 heteroatoms. The molecule has 1 aliphatic heterocycles. The summed E-state index contributed by atoms with van der Waals surface area (Å²) in [7, 11) is 0. The quantitative estimate of drug-likeness (QED) is 0.902. The lowest BCUT2D eigenvalue weighted by atomic mass is 9.98. The van der Waals surface area contributed by atoms with Crippen LogP contribution in [0.5, 0.6) is 0 Å². The third-order valence-corrected chi connectivity index (χ3v) is 3.59. The SMILES string of the molecule is CCNC(c1ccc(Cl)cc1F)C1CCC(C)O1. The number of hydrogen-bond acceptors (Lipinski definition) is 2. The number of nitrogens with one attached hydrogen (secondary N) is 1. The van der Waals surface area contributed by atoms with Crippen molar-refractivity contribution in [1.82, 2.24) is 5.32 Å². The molecule has 0 spiro atoms. The average molecular weight is 272 g/mol. The maximum atomic E-state index is 14.0. The van der Waals surface area contributed by atoms with Gasteiger partial charge in [0.05, 0.1) is 18.2 Å². The lowest BCUT2D eigenvalue weighted by molar-refractivity contribution is 0.0312. The molecule has 1 heterocycles. The third-order valence-electron chi connectivity index (χ3n) is 3.36. The van der Waals surface area contributed by atoms with Crippen LogP contribution in [0.1, 0.15) is 38.3 Å². The van der Waals surface area contributed by atoms with E-state index in [1.54, 1.807) is 12.1 Å². The summed E-state index contributed by atoms with van der Waals surface area (Å²) in [5, 5.41) is 3.74. The minimum absolute atomic E-state index is 0.0376. The van der Waals surface area contributed by atoms with Crippen molar-refractivity contribution in [2.24, 2.45) is 0 Å². The maximum Gasteiger partial charge on any atom is 0.129 e. The molecule has 0 amide bonds. The molecule has 1 saturated heterocycles. The minimum atomic E-state index is -0.267. The highest BCUT2D eigenvalue weighted by Crippen LogP contribution is 2.32. The van der Waals surface area contributed by atoms with E-state index in [1.807, 2.05) is 6.92 Å². The minimum Gasteiger partial charge on any atom is -0.373 e. The van der Waals surface area contributed by atoms with Crippen LogP contribution in [-0.4, -0.2) is 18.8 Å². The fourth-order valence-corrected chi connectivity index (χ4v) is 2.65. The zero-order valence-electron chi connectivity index (χ0n) is 10.7. The summed E-state index contributed by atoms with van der Waals surface area (Å²) in [6.45, 7) is 4.85. The molecule has 0 radical (unpaired) electrons. The summed E-state index contributed by atoms with van der Waals surface area (Å²) in [6, 6.07) is 4.73. The highest BCUT2D eigenvalue weighted by Gasteiger charge is 2.31. The highest BCUT2D eigenvalue weighted by molar-refractivity contribution is 6.30. The molecule has 0 bridgehead atoms. The Hall–Kier alpha value is -0.640. The van der Waals surface area contributed by atoms with Crippen molar-refractivity contribution in [3.63, 3.8) is 0 Å². The predicted molar refractivity (Wildman–Crippen MR) is 71.4 cm³/mol. The van der Waals surface area contributed by atoms with E-state index in [9.17, 15) is 4.39 Å². The van der Waals surface area contributed by atoms with Crippen molar-refractivity contribution < 1.29 is 9.13 Å². The highest BCUT2D eigenvalue weighted by atomic mass is 35.5. The standard InChI is InChI=1S/C14H19ClFNO/c1-3-17-14(13-7-4-9(2)18-13)11-6-5-10(15)8-12(11)16/h5-6,8-9,13-14,17H,3-4,7H2,1-2H3. The first-order valence-electron chi connectivity index (χ1n) is 6.45. The Morgan fingerprint density at radius 2 is 2.28 bits per heavy atom. The molecular weight excluding hydrogens is 253 g/mol. The van der Waals surface area contributed by atoms with E-state index in [0.717, 1.165) is 19.4 Å². The van der Waals surface area contributed by atoms with Crippen molar-refractivity contribution in [3.8, 4) is 0 Å². The first-order chi connectivity index (χ1) is 8.61. The van der Waals surface area contributed by atoms with Crippen molar-refractivity contribution in [2.75, 3.05) is 6.54 Å². The first kappa shape index (κ1) is 13.8. The lowest BCUT2D eigenvalue weighted by Crippen LogP contribution is -2.32. The zero-order chi connectivity index (χ0) is 13.1. The fraction of sp³-hybridized carbons (Fsp3) is 0.571. The molecule has 3 unspecified atom stereocenters. The van der Waals surface area contributed by atoms with Crippen molar-refractivity contribution in [3.05, 3.63) is 34.6 Å². The van der Waals surface area contributed by atoms with Crippen LogP contribution in [0.25, 0.3) is 0 Å². The molecule has 1 N–H and O–H groups in total. The molecule has 0 saturated carbocycles. The Bertz CT molecular complexity index is 413. The van der Waals surface area contributed by atoms with Crippen molar-refractivity contribution in [2.45, 2.75) is 44.9 Å². The number of rotatable bonds is 4. The average Bonchev–Trinajstić information content (AvgIpc) is 2.73. The summed E-state index contributed by atoms with van der Waals surface area (Å²) >= 11 is 5.79. The van der Waals surface area contributed by atoms with Crippen molar-refractivity contribution >= 4 is 11.6 Å². The van der Waals surface area contributed by atoms with Gasteiger partial charge in [-0.2, -0.15) is 0 Å². The van der Waals surface area contributed by atoms with Crippen LogP contribution in [0.2, 0.25) is 5.02 Å². The number of benzene rings is 1. The fourth-order valence-electron chi connectivity index (χ4n) is 2.49. The first-order valence-corrected chi connectivity index (χ1v) is 6.83. The molecule has 18 heavy (non-hydrogen) atoms. The molecule has 100 valence electrons. The van der Waals surface area contributed by atoms with Gasteiger partial charge in [0.15, 0.2) is 0 Å². The van der Waals surface area contributed by atoms with E-state index in [1.165, 1.54) is 6.07 Å². The molecule has 2 rings (SSSR count). The molecule has 1 aromatic carbocycles. The Morgan fingerprint density at radius 3 is 2.83 bits per heavy atom. The van der Waals surface area contributed by atoms with Crippen molar-refractivity contribution in [1.29, 1.82) is 0 Å². The zero-order valence-corrected chi connectivity index (χ0v) is 11.5. The van der Waals surface area contributed by atoms with Crippen LogP contribution in [0.4, 0.5) is 4.39 Å². The van der Waals surface area contributed by atoms with E-state index in [0.29, 0.717) is 10.6 Å². The van der Waals surface area contributed by atoms with Gasteiger partial charge in [-0.3, -0.25) is 0 Å². The Kier molecular flexibility index (Phi) is 4.60. The smallest absolute Gasteiger partial charge is 0.129 e. The second-order valence-corrected chi connectivity index (χ2v) is 5.20. The van der Waals surface area contributed by atoms with Gasteiger partial charge in [0.25, 0.3) is 0 Å². The Balaban J connectivity index is 2.23. The molecular formula is C14H19ClFNO. The second-order valence-electron chi connectivity index (χ2n) is 4.76. The van der Waals surface area contributed by atoms with E-state index < -0.39 is 0 Å². The number of halogens is 2. The summed E-state index contributed by atoms with van der Waals surface area (Å²) in [5.41, 5.74) is 0.639.